The fourth-order valence-corrected chi connectivity index (χ4v) is 3.25. The molecule has 0 aromatic carbocycles. The Balaban J connectivity index is 1.56. The molecule has 3 heterocycles. The van der Waals surface area contributed by atoms with Gasteiger partial charge in [-0.15, -0.1) is 0 Å². The van der Waals surface area contributed by atoms with Gasteiger partial charge in [0.1, 0.15) is 11.5 Å². The van der Waals surface area contributed by atoms with E-state index in [1.165, 1.54) is 12.8 Å². The number of hydrogen-bond donors (Lipinski definition) is 0. The Bertz CT molecular complexity index is 745. The van der Waals surface area contributed by atoms with Crippen LogP contribution >= 0.6 is 0 Å². The lowest BCUT2D eigenvalue weighted by Crippen LogP contribution is -2.37. The highest BCUT2D eigenvalue weighted by molar-refractivity contribution is 5.95. The molecule has 0 bridgehead atoms. The highest BCUT2D eigenvalue weighted by Crippen LogP contribution is 2.30. The molecule has 4 rings (SSSR count). The van der Waals surface area contributed by atoms with Crippen molar-refractivity contribution in [1.29, 1.82) is 0 Å². The molecular formula is C18H23N3O3. The molecule has 2 aromatic rings. The normalized spacial score (nSPS) is 20.8. The van der Waals surface area contributed by atoms with E-state index in [0.29, 0.717) is 36.9 Å². The largest absolute Gasteiger partial charge is 0.466 e. The van der Waals surface area contributed by atoms with Crippen molar-refractivity contribution < 1.29 is 13.9 Å². The van der Waals surface area contributed by atoms with Crippen molar-refractivity contribution >= 4 is 5.91 Å². The van der Waals surface area contributed by atoms with Gasteiger partial charge < -0.3 is 14.1 Å². The van der Waals surface area contributed by atoms with E-state index in [0.717, 1.165) is 18.1 Å². The van der Waals surface area contributed by atoms with Crippen LogP contribution in [-0.2, 0) is 17.8 Å². The van der Waals surface area contributed by atoms with E-state index in [4.69, 9.17) is 9.15 Å². The Hall–Kier alpha value is -2.08. The van der Waals surface area contributed by atoms with Gasteiger partial charge in [-0.1, -0.05) is 0 Å². The van der Waals surface area contributed by atoms with Crippen molar-refractivity contribution in [2.75, 3.05) is 13.2 Å². The topological polar surface area (TPSA) is 60.5 Å². The van der Waals surface area contributed by atoms with Crippen LogP contribution < -0.4 is 0 Å². The monoisotopic (exact) mass is 329 g/mol. The number of furan rings is 1. The second-order valence-electron chi connectivity index (χ2n) is 6.92. The van der Waals surface area contributed by atoms with Gasteiger partial charge in [0.25, 0.3) is 5.91 Å². The lowest BCUT2D eigenvalue weighted by Gasteiger charge is -2.24. The van der Waals surface area contributed by atoms with Crippen LogP contribution in [0.4, 0.5) is 0 Å². The number of amides is 1. The number of aromatic nitrogens is 2. The first-order valence-electron chi connectivity index (χ1n) is 8.58. The zero-order valence-electron chi connectivity index (χ0n) is 14.2. The first-order valence-corrected chi connectivity index (χ1v) is 8.58. The van der Waals surface area contributed by atoms with E-state index in [1.807, 2.05) is 35.6 Å². The molecule has 1 fully saturated rings. The standard InChI is InChI=1S/C18H23N3O3/c1-12-7-17(13(2)24-12)18(22)20-8-15-5-6-19-21(15)10-16(9-20)23-11-14-3-4-14/h5-7,14,16H,3-4,8-11H2,1-2H3. The Morgan fingerprint density at radius 1 is 1.38 bits per heavy atom. The van der Waals surface area contributed by atoms with Gasteiger partial charge in [0.15, 0.2) is 0 Å². The number of nitrogens with zero attached hydrogens (tertiary/aromatic N) is 3. The van der Waals surface area contributed by atoms with Crippen LogP contribution in [0.15, 0.2) is 22.7 Å². The molecule has 128 valence electrons. The predicted molar refractivity (Wildman–Crippen MR) is 87.6 cm³/mol. The van der Waals surface area contributed by atoms with Crippen LogP contribution in [0.1, 0.15) is 40.4 Å². The molecule has 24 heavy (non-hydrogen) atoms. The average molecular weight is 329 g/mol. The summed E-state index contributed by atoms with van der Waals surface area (Å²) >= 11 is 0. The Kier molecular flexibility index (Phi) is 3.92. The summed E-state index contributed by atoms with van der Waals surface area (Å²) in [5.74, 6) is 2.13. The van der Waals surface area contributed by atoms with Gasteiger partial charge in [-0.3, -0.25) is 9.48 Å². The van der Waals surface area contributed by atoms with Gasteiger partial charge in [0.05, 0.1) is 30.5 Å². The van der Waals surface area contributed by atoms with E-state index in [9.17, 15) is 4.79 Å². The van der Waals surface area contributed by atoms with E-state index < -0.39 is 0 Å². The van der Waals surface area contributed by atoms with E-state index in [1.54, 1.807) is 6.20 Å². The number of aryl methyl sites for hydroxylation is 2. The zero-order valence-corrected chi connectivity index (χ0v) is 14.2. The second kappa shape index (κ2) is 6.09. The molecule has 0 radical (unpaired) electrons. The third kappa shape index (κ3) is 3.11. The summed E-state index contributed by atoms with van der Waals surface area (Å²) in [5, 5.41) is 4.38. The highest BCUT2D eigenvalue weighted by Gasteiger charge is 2.30. The first-order chi connectivity index (χ1) is 11.6. The minimum absolute atomic E-state index is 0.000906. The summed E-state index contributed by atoms with van der Waals surface area (Å²) in [6, 6.07) is 3.79. The summed E-state index contributed by atoms with van der Waals surface area (Å²) < 4.78 is 13.6. The van der Waals surface area contributed by atoms with Gasteiger partial charge in [-0.25, -0.2) is 0 Å². The number of rotatable bonds is 4. The van der Waals surface area contributed by atoms with Crippen LogP contribution in [0.25, 0.3) is 0 Å². The van der Waals surface area contributed by atoms with E-state index >= 15 is 0 Å². The average Bonchev–Trinajstić information content (AvgIpc) is 3.23. The molecule has 6 nitrogen and oxygen atoms in total. The molecule has 6 heteroatoms. The van der Waals surface area contributed by atoms with Crippen molar-refractivity contribution in [3.63, 3.8) is 0 Å². The molecule has 1 unspecified atom stereocenters. The van der Waals surface area contributed by atoms with Crippen LogP contribution in [0.5, 0.6) is 0 Å². The van der Waals surface area contributed by atoms with Crippen LogP contribution in [0.3, 0.4) is 0 Å². The van der Waals surface area contributed by atoms with Gasteiger partial charge in [-0.2, -0.15) is 5.10 Å². The number of carbonyl (C=O) groups is 1. The maximum absolute atomic E-state index is 13.0. The molecule has 2 aromatic heterocycles. The number of fused-ring (bicyclic) bond motifs is 1. The molecule has 1 aliphatic heterocycles. The van der Waals surface area contributed by atoms with Crippen molar-refractivity contribution in [3.8, 4) is 0 Å². The quantitative estimate of drug-likeness (QED) is 0.865. The third-order valence-electron chi connectivity index (χ3n) is 4.78. The molecule has 1 saturated carbocycles. The second-order valence-corrected chi connectivity index (χ2v) is 6.92. The first kappa shape index (κ1) is 15.4. The molecule has 1 amide bonds. The summed E-state index contributed by atoms with van der Waals surface area (Å²) in [5.41, 5.74) is 1.68. The van der Waals surface area contributed by atoms with Crippen LogP contribution in [-0.4, -0.2) is 39.8 Å². The smallest absolute Gasteiger partial charge is 0.257 e. The number of ether oxygens (including phenoxy) is 1. The number of carbonyl (C=O) groups excluding carboxylic acids is 1. The van der Waals surface area contributed by atoms with Gasteiger partial charge in [0, 0.05) is 19.3 Å². The third-order valence-corrected chi connectivity index (χ3v) is 4.78. The van der Waals surface area contributed by atoms with Crippen molar-refractivity contribution in [2.24, 2.45) is 5.92 Å². The Morgan fingerprint density at radius 2 is 2.21 bits per heavy atom. The number of hydrogen-bond acceptors (Lipinski definition) is 4. The summed E-state index contributed by atoms with van der Waals surface area (Å²) in [7, 11) is 0. The van der Waals surface area contributed by atoms with Gasteiger partial charge in [-0.05, 0) is 44.7 Å². The van der Waals surface area contributed by atoms with E-state index in [2.05, 4.69) is 5.10 Å². The molecule has 1 aliphatic carbocycles. The Morgan fingerprint density at radius 3 is 2.92 bits per heavy atom. The minimum atomic E-state index is -0.0241. The maximum atomic E-state index is 13.0. The Labute approximate surface area is 141 Å². The highest BCUT2D eigenvalue weighted by atomic mass is 16.5. The predicted octanol–water partition coefficient (Wildman–Crippen LogP) is 2.54. The fraction of sp³-hybridized carbons (Fsp3) is 0.556. The van der Waals surface area contributed by atoms with Crippen molar-refractivity contribution in [3.05, 3.63) is 41.1 Å². The minimum Gasteiger partial charge on any atom is -0.466 e. The van der Waals surface area contributed by atoms with Gasteiger partial charge in [0.2, 0.25) is 0 Å². The summed E-state index contributed by atoms with van der Waals surface area (Å²) in [6.07, 6.45) is 4.28. The summed E-state index contributed by atoms with van der Waals surface area (Å²) in [4.78, 5) is 14.9. The van der Waals surface area contributed by atoms with Crippen molar-refractivity contribution in [1.82, 2.24) is 14.7 Å². The summed E-state index contributed by atoms with van der Waals surface area (Å²) in [6.45, 7) is 6.31. The molecular weight excluding hydrogens is 306 g/mol. The maximum Gasteiger partial charge on any atom is 0.257 e. The molecule has 2 aliphatic rings. The zero-order chi connectivity index (χ0) is 16.7. The molecule has 0 spiro atoms. The van der Waals surface area contributed by atoms with Crippen molar-refractivity contribution in [2.45, 2.75) is 45.9 Å². The SMILES string of the molecule is Cc1cc(C(=O)N2Cc3ccnn3CC(OCC3CC3)C2)c(C)o1. The lowest BCUT2D eigenvalue weighted by atomic mass is 10.2. The fourth-order valence-electron chi connectivity index (χ4n) is 3.25. The molecule has 0 saturated heterocycles. The lowest BCUT2D eigenvalue weighted by molar-refractivity contribution is 0.0136. The van der Waals surface area contributed by atoms with Crippen LogP contribution in [0.2, 0.25) is 0 Å². The van der Waals surface area contributed by atoms with E-state index in [-0.39, 0.29) is 12.0 Å². The van der Waals surface area contributed by atoms with Crippen LogP contribution in [0, 0.1) is 19.8 Å². The van der Waals surface area contributed by atoms with Gasteiger partial charge >= 0.3 is 0 Å². The molecule has 1 atom stereocenters. The molecule has 0 N–H and O–H groups in total.